The number of carbonyl (C=O) groups excluding carboxylic acids is 1. The number of alkyl halides is 6. The van der Waals surface area contributed by atoms with Crippen LogP contribution in [0.25, 0.3) is 0 Å². The average molecular weight is 482 g/mol. The van der Waals surface area contributed by atoms with Crippen LogP contribution in [0.4, 0.5) is 36.8 Å². The van der Waals surface area contributed by atoms with E-state index >= 15 is 0 Å². The number of carbonyl (C=O) groups is 2. The van der Waals surface area contributed by atoms with E-state index in [9.17, 15) is 35.9 Å². The third-order valence-electron chi connectivity index (χ3n) is 5.78. The van der Waals surface area contributed by atoms with Gasteiger partial charge in [-0.2, -0.15) is 26.3 Å². The highest BCUT2D eigenvalue weighted by Crippen LogP contribution is 2.37. The molecule has 2 aliphatic rings. The summed E-state index contributed by atoms with van der Waals surface area (Å²) in [6, 6.07) is 0.272. The first-order chi connectivity index (χ1) is 15.3. The number of carboxylic acid groups (broad SMARTS) is 1. The zero-order valence-corrected chi connectivity index (χ0v) is 17.5. The Morgan fingerprint density at radius 1 is 0.939 bits per heavy atom. The molecule has 0 spiro atoms. The molecular weight excluding hydrogens is 458 g/mol. The first-order valence-electron chi connectivity index (χ1n) is 10.4. The number of urea groups is 1. The summed E-state index contributed by atoms with van der Waals surface area (Å²) in [4.78, 5) is 28.6. The number of anilines is 1. The highest BCUT2D eigenvalue weighted by molar-refractivity contribution is 5.90. The minimum Gasteiger partial charge on any atom is -0.481 e. The predicted octanol–water partition coefficient (Wildman–Crippen LogP) is 3.42. The van der Waals surface area contributed by atoms with Crippen molar-refractivity contribution in [1.29, 1.82) is 0 Å². The lowest BCUT2D eigenvalue weighted by Gasteiger charge is -2.48. The molecule has 2 fully saturated rings. The van der Waals surface area contributed by atoms with Gasteiger partial charge in [-0.1, -0.05) is 0 Å². The molecule has 0 aromatic heterocycles. The Kier molecular flexibility index (Phi) is 7.42. The van der Waals surface area contributed by atoms with Gasteiger partial charge in [0, 0.05) is 57.4 Å². The van der Waals surface area contributed by atoms with Crippen molar-refractivity contribution in [2.45, 2.75) is 31.2 Å². The first-order valence-corrected chi connectivity index (χ1v) is 10.4. The Morgan fingerprint density at radius 2 is 1.48 bits per heavy atom. The quantitative estimate of drug-likeness (QED) is 0.608. The number of nitrogens with zero attached hydrogens (tertiary/aromatic N) is 3. The van der Waals surface area contributed by atoms with Gasteiger partial charge in [-0.3, -0.25) is 9.69 Å². The smallest absolute Gasteiger partial charge is 0.416 e. The standard InChI is InChI=1S/C20H24F6N4O3/c21-19(22,23)13-8-14(20(24,25)26)10-15(9-13)27-18(33)30-11-16(12-30)29-6-4-28(5-7-29)3-1-2-17(31)32/h8-10,16H,1-7,11-12H2,(H,27,33)(H,31,32). The lowest BCUT2D eigenvalue weighted by molar-refractivity contribution is -0.143. The summed E-state index contributed by atoms with van der Waals surface area (Å²) in [5.41, 5.74) is -3.55. The normalized spacial score (nSPS) is 18.8. The van der Waals surface area contributed by atoms with Crippen LogP contribution in [-0.4, -0.2) is 83.7 Å². The maximum Gasteiger partial charge on any atom is 0.416 e. The summed E-state index contributed by atoms with van der Waals surface area (Å²) in [6.45, 7) is 4.30. The van der Waals surface area contributed by atoms with Crippen LogP contribution in [0.2, 0.25) is 0 Å². The predicted molar refractivity (Wildman–Crippen MR) is 106 cm³/mol. The second-order valence-corrected chi connectivity index (χ2v) is 8.16. The van der Waals surface area contributed by atoms with Crippen LogP contribution in [0.5, 0.6) is 0 Å². The largest absolute Gasteiger partial charge is 0.481 e. The van der Waals surface area contributed by atoms with E-state index in [1.165, 1.54) is 4.90 Å². The van der Waals surface area contributed by atoms with E-state index < -0.39 is 41.2 Å². The minimum absolute atomic E-state index is 0.0106. The van der Waals surface area contributed by atoms with E-state index in [0.717, 1.165) is 26.2 Å². The zero-order valence-electron chi connectivity index (χ0n) is 17.5. The van der Waals surface area contributed by atoms with Crippen LogP contribution in [-0.2, 0) is 17.1 Å². The number of piperazine rings is 1. The van der Waals surface area contributed by atoms with Crippen molar-refractivity contribution in [3.05, 3.63) is 29.3 Å². The highest BCUT2D eigenvalue weighted by atomic mass is 19.4. The molecule has 0 unspecified atom stereocenters. The van der Waals surface area contributed by atoms with Gasteiger partial charge < -0.3 is 20.2 Å². The van der Waals surface area contributed by atoms with Crippen molar-refractivity contribution < 1.29 is 41.0 Å². The van der Waals surface area contributed by atoms with Crippen molar-refractivity contribution >= 4 is 17.7 Å². The lowest BCUT2D eigenvalue weighted by Crippen LogP contribution is -2.64. The maximum atomic E-state index is 13.0. The summed E-state index contributed by atoms with van der Waals surface area (Å²) in [7, 11) is 0. The van der Waals surface area contributed by atoms with Gasteiger partial charge in [0.1, 0.15) is 0 Å². The van der Waals surface area contributed by atoms with Crippen molar-refractivity contribution in [2.24, 2.45) is 0 Å². The number of benzene rings is 1. The Morgan fingerprint density at radius 3 is 1.97 bits per heavy atom. The van der Waals surface area contributed by atoms with Crippen LogP contribution in [0.15, 0.2) is 18.2 Å². The van der Waals surface area contributed by atoms with Crippen molar-refractivity contribution in [3.63, 3.8) is 0 Å². The maximum absolute atomic E-state index is 13.0. The zero-order chi connectivity index (χ0) is 24.4. The molecule has 33 heavy (non-hydrogen) atoms. The van der Waals surface area contributed by atoms with Crippen LogP contribution >= 0.6 is 0 Å². The van der Waals surface area contributed by atoms with E-state index in [2.05, 4.69) is 15.1 Å². The second kappa shape index (κ2) is 9.75. The Labute approximate surface area is 185 Å². The summed E-state index contributed by atoms with van der Waals surface area (Å²) in [5, 5.41) is 10.8. The minimum atomic E-state index is -4.99. The van der Waals surface area contributed by atoms with Gasteiger partial charge in [-0.15, -0.1) is 0 Å². The Bertz CT molecular complexity index is 830. The number of hydrogen-bond acceptors (Lipinski definition) is 4. The summed E-state index contributed by atoms with van der Waals surface area (Å²) >= 11 is 0. The molecule has 7 nitrogen and oxygen atoms in total. The molecule has 0 atom stereocenters. The van der Waals surface area contributed by atoms with Gasteiger partial charge in [0.2, 0.25) is 0 Å². The highest BCUT2D eigenvalue weighted by Gasteiger charge is 2.39. The number of amides is 2. The molecule has 0 saturated carbocycles. The summed E-state index contributed by atoms with van der Waals surface area (Å²) in [6.07, 6.45) is -9.29. The molecular formula is C20H24F6N4O3. The first kappa shape index (κ1) is 25.1. The molecule has 2 N–H and O–H groups in total. The molecule has 2 heterocycles. The summed E-state index contributed by atoms with van der Waals surface area (Å²) in [5.74, 6) is -0.832. The molecule has 184 valence electrons. The van der Waals surface area contributed by atoms with E-state index in [-0.39, 0.29) is 18.5 Å². The topological polar surface area (TPSA) is 76.1 Å². The molecule has 3 rings (SSSR count). The molecule has 13 heteroatoms. The van der Waals surface area contributed by atoms with E-state index in [4.69, 9.17) is 5.11 Å². The lowest BCUT2D eigenvalue weighted by atomic mass is 10.1. The molecule has 2 amide bonds. The van der Waals surface area contributed by atoms with Gasteiger partial charge in [-0.25, -0.2) is 4.79 Å². The second-order valence-electron chi connectivity index (χ2n) is 8.16. The molecule has 2 aliphatic heterocycles. The van der Waals surface area contributed by atoms with Gasteiger partial charge >= 0.3 is 24.4 Å². The summed E-state index contributed by atoms with van der Waals surface area (Å²) < 4.78 is 77.8. The third-order valence-corrected chi connectivity index (χ3v) is 5.78. The Balaban J connectivity index is 1.50. The van der Waals surface area contributed by atoms with Gasteiger partial charge in [-0.05, 0) is 31.2 Å². The van der Waals surface area contributed by atoms with E-state index in [1.54, 1.807) is 0 Å². The van der Waals surface area contributed by atoms with Crippen LogP contribution in [0, 0.1) is 0 Å². The molecule has 1 aromatic carbocycles. The molecule has 0 radical (unpaired) electrons. The molecule has 0 aliphatic carbocycles. The van der Waals surface area contributed by atoms with E-state index in [0.29, 0.717) is 38.2 Å². The average Bonchev–Trinajstić information content (AvgIpc) is 2.66. The number of aliphatic carboxylic acids is 1. The fourth-order valence-electron chi connectivity index (χ4n) is 3.89. The SMILES string of the molecule is O=C(O)CCCN1CCN(C2CN(C(=O)Nc3cc(C(F)(F)F)cc(C(F)(F)F)c3)C2)CC1. The monoisotopic (exact) mass is 482 g/mol. The van der Waals surface area contributed by atoms with Gasteiger partial charge in [0.15, 0.2) is 0 Å². The number of hydrogen-bond donors (Lipinski definition) is 2. The van der Waals surface area contributed by atoms with Crippen LogP contribution < -0.4 is 5.32 Å². The van der Waals surface area contributed by atoms with Gasteiger partial charge in [0.25, 0.3) is 0 Å². The van der Waals surface area contributed by atoms with Crippen molar-refractivity contribution in [2.75, 3.05) is 51.1 Å². The van der Waals surface area contributed by atoms with Crippen molar-refractivity contribution in [1.82, 2.24) is 14.7 Å². The van der Waals surface area contributed by atoms with Crippen molar-refractivity contribution in [3.8, 4) is 0 Å². The van der Waals surface area contributed by atoms with Gasteiger partial charge in [0.05, 0.1) is 11.1 Å². The van der Waals surface area contributed by atoms with Crippen LogP contribution in [0.3, 0.4) is 0 Å². The Hall–Kier alpha value is -2.54. The fourth-order valence-corrected chi connectivity index (χ4v) is 3.89. The number of nitrogens with one attached hydrogen (secondary N) is 1. The number of halogens is 6. The number of rotatable bonds is 6. The number of likely N-dealkylation sites (tertiary alicyclic amines) is 1. The fraction of sp³-hybridized carbons (Fsp3) is 0.600. The molecule has 2 saturated heterocycles. The third kappa shape index (κ3) is 6.73. The molecule has 1 aromatic rings. The molecule has 0 bridgehead atoms. The van der Waals surface area contributed by atoms with E-state index in [1.807, 2.05) is 0 Å². The van der Waals surface area contributed by atoms with Crippen LogP contribution in [0.1, 0.15) is 24.0 Å². The number of carboxylic acids is 1.